The van der Waals surface area contributed by atoms with Gasteiger partial charge in [-0.05, 0) is 6.42 Å². The van der Waals surface area contributed by atoms with Crippen molar-refractivity contribution in [2.24, 2.45) is 5.73 Å². The third-order valence-corrected chi connectivity index (χ3v) is 2.39. The summed E-state index contributed by atoms with van der Waals surface area (Å²) >= 11 is 0. The maximum atomic E-state index is 10.9. The molecule has 1 amide bonds. The van der Waals surface area contributed by atoms with E-state index in [1.54, 1.807) is 0 Å². The Morgan fingerprint density at radius 1 is 1.62 bits per heavy atom. The van der Waals surface area contributed by atoms with Gasteiger partial charge in [0.2, 0.25) is 5.91 Å². The zero-order chi connectivity index (χ0) is 9.26. The van der Waals surface area contributed by atoms with Gasteiger partial charge in [-0.1, -0.05) is 6.08 Å². The van der Waals surface area contributed by atoms with E-state index in [4.69, 9.17) is 5.73 Å². The molecule has 0 atom stereocenters. The first-order chi connectivity index (χ1) is 6.27. The van der Waals surface area contributed by atoms with Gasteiger partial charge in [0.25, 0.3) is 0 Å². The molecule has 0 bridgehead atoms. The highest BCUT2D eigenvalue weighted by Crippen LogP contribution is 2.18. The highest BCUT2D eigenvalue weighted by atomic mass is 16.1. The van der Waals surface area contributed by atoms with Crippen molar-refractivity contribution in [1.29, 1.82) is 0 Å². The van der Waals surface area contributed by atoms with Crippen molar-refractivity contribution in [2.45, 2.75) is 6.42 Å². The molecule has 0 unspecified atom stereocenters. The molecule has 0 spiro atoms. The van der Waals surface area contributed by atoms with Crippen LogP contribution in [0.1, 0.15) is 6.42 Å². The molecule has 2 aliphatic heterocycles. The molecule has 1 saturated heterocycles. The number of rotatable bonds is 1. The number of carbonyl (C=O) groups is 1. The van der Waals surface area contributed by atoms with Gasteiger partial charge in [-0.15, -0.1) is 0 Å². The summed E-state index contributed by atoms with van der Waals surface area (Å²) < 4.78 is 0. The molecule has 0 aliphatic carbocycles. The maximum Gasteiger partial charge on any atom is 0.246 e. The third-order valence-electron chi connectivity index (χ3n) is 2.39. The van der Waals surface area contributed by atoms with E-state index >= 15 is 0 Å². The minimum atomic E-state index is -0.311. The molecule has 13 heavy (non-hydrogen) atoms. The Hall–Kier alpha value is -1.29. The number of piperazine rings is 1. The number of nitrogens with two attached hydrogens (primary N) is 1. The summed E-state index contributed by atoms with van der Waals surface area (Å²) in [7, 11) is 0. The van der Waals surface area contributed by atoms with Crippen LogP contribution in [-0.2, 0) is 4.79 Å². The van der Waals surface area contributed by atoms with Crippen LogP contribution in [0.25, 0.3) is 0 Å². The normalized spacial score (nSPS) is 21.7. The molecule has 0 aromatic carbocycles. The molecule has 0 aromatic heterocycles. The lowest BCUT2D eigenvalue weighted by Gasteiger charge is -2.32. The van der Waals surface area contributed by atoms with Gasteiger partial charge in [0, 0.05) is 37.1 Å². The topological polar surface area (TPSA) is 58.4 Å². The molecule has 3 N–H and O–H groups in total. The highest BCUT2D eigenvalue weighted by Gasteiger charge is 2.18. The van der Waals surface area contributed by atoms with Gasteiger partial charge >= 0.3 is 0 Å². The van der Waals surface area contributed by atoms with E-state index in [-0.39, 0.29) is 5.91 Å². The number of fused-ring (bicyclic) bond motifs is 1. The minimum Gasteiger partial charge on any atom is -0.366 e. The fourth-order valence-corrected chi connectivity index (χ4v) is 1.63. The van der Waals surface area contributed by atoms with Gasteiger partial charge < -0.3 is 16.0 Å². The summed E-state index contributed by atoms with van der Waals surface area (Å²) in [5.41, 5.74) is 7.16. The summed E-state index contributed by atoms with van der Waals surface area (Å²) in [5.74, 6) is -0.311. The molecule has 4 heteroatoms. The van der Waals surface area contributed by atoms with E-state index in [2.05, 4.69) is 16.3 Å². The lowest BCUT2D eigenvalue weighted by molar-refractivity contribution is -0.114. The number of hydrogen-bond donors (Lipinski definition) is 2. The number of allylic oxidation sites excluding steroid dienone is 1. The van der Waals surface area contributed by atoms with Crippen LogP contribution < -0.4 is 11.1 Å². The van der Waals surface area contributed by atoms with Crippen LogP contribution in [0.3, 0.4) is 0 Å². The Labute approximate surface area is 77.1 Å². The minimum absolute atomic E-state index is 0.311. The van der Waals surface area contributed by atoms with Crippen LogP contribution in [-0.4, -0.2) is 30.4 Å². The Bertz CT molecular complexity index is 293. The predicted octanol–water partition coefficient (Wildman–Crippen LogP) is -0.452. The molecular weight excluding hydrogens is 166 g/mol. The van der Waals surface area contributed by atoms with Crippen molar-refractivity contribution < 1.29 is 4.79 Å². The fraction of sp³-hybridized carbons (Fsp3) is 0.444. The molecular formula is C9H13N3O. The van der Waals surface area contributed by atoms with Crippen LogP contribution in [0, 0.1) is 0 Å². The smallest absolute Gasteiger partial charge is 0.246 e. The van der Waals surface area contributed by atoms with E-state index in [0.29, 0.717) is 12.0 Å². The van der Waals surface area contributed by atoms with Crippen molar-refractivity contribution >= 4 is 5.91 Å². The van der Waals surface area contributed by atoms with Crippen LogP contribution >= 0.6 is 0 Å². The molecule has 0 radical (unpaired) electrons. The molecule has 4 nitrogen and oxygen atoms in total. The van der Waals surface area contributed by atoms with E-state index in [1.165, 1.54) is 5.70 Å². The molecule has 2 heterocycles. The Kier molecular flexibility index (Phi) is 2.06. The number of hydrogen-bond acceptors (Lipinski definition) is 3. The first-order valence-electron chi connectivity index (χ1n) is 4.44. The number of nitrogens with zero attached hydrogens (tertiary/aromatic N) is 1. The summed E-state index contributed by atoms with van der Waals surface area (Å²) in [4.78, 5) is 13.0. The van der Waals surface area contributed by atoms with E-state index in [1.807, 2.05) is 6.20 Å². The predicted molar refractivity (Wildman–Crippen MR) is 49.6 cm³/mol. The summed E-state index contributed by atoms with van der Waals surface area (Å²) in [5, 5.41) is 3.27. The first-order valence-corrected chi connectivity index (χ1v) is 4.44. The molecule has 2 rings (SSSR count). The molecule has 2 aliphatic rings. The summed E-state index contributed by atoms with van der Waals surface area (Å²) in [6.45, 7) is 2.77. The summed E-state index contributed by atoms with van der Waals surface area (Å²) in [6.07, 6.45) is 4.60. The second kappa shape index (κ2) is 3.22. The molecule has 70 valence electrons. The van der Waals surface area contributed by atoms with Gasteiger partial charge in [0.15, 0.2) is 0 Å². The molecule has 0 saturated carbocycles. The van der Waals surface area contributed by atoms with Crippen LogP contribution in [0.4, 0.5) is 0 Å². The van der Waals surface area contributed by atoms with Gasteiger partial charge in [-0.25, -0.2) is 0 Å². The lowest BCUT2D eigenvalue weighted by Crippen LogP contribution is -2.40. The van der Waals surface area contributed by atoms with Crippen molar-refractivity contribution in [1.82, 2.24) is 10.2 Å². The van der Waals surface area contributed by atoms with Crippen molar-refractivity contribution in [3.8, 4) is 0 Å². The van der Waals surface area contributed by atoms with Gasteiger partial charge in [0.05, 0.1) is 0 Å². The van der Waals surface area contributed by atoms with Crippen molar-refractivity contribution in [3.63, 3.8) is 0 Å². The van der Waals surface area contributed by atoms with Gasteiger partial charge in [0.1, 0.15) is 0 Å². The average Bonchev–Trinajstić information content (AvgIpc) is 2.17. The number of amides is 1. The van der Waals surface area contributed by atoms with Gasteiger partial charge in [-0.2, -0.15) is 0 Å². The lowest BCUT2D eigenvalue weighted by atomic mass is 10.1. The standard InChI is InChI=1S/C9H13N3O/c10-9(13)7-1-2-8-5-11-3-4-12(8)6-7/h2,6,11H,1,3-5H2,(H2,10,13). The second-order valence-corrected chi connectivity index (χ2v) is 3.29. The number of primary amides is 1. The number of carbonyl (C=O) groups excluding carboxylic acids is 1. The Morgan fingerprint density at radius 3 is 3.23 bits per heavy atom. The summed E-state index contributed by atoms with van der Waals surface area (Å²) in [6, 6.07) is 0. The zero-order valence-corrected chi connectivity index (χ0v) is 7.42. The monoisotopic (exact) mass is 179 g/mol. The van der Waals surface area contributed by atoms with Crippen molar-refractivity contribution in [3.05, 3.63) is 23.5 Å². The highest BCUT2D eigenvalue weighted by molar-refractivity contribution is 5.92. The largest absolute Gasteiger partial charge is 0.366 e. The number of nitrogens with one attached hydrogen (secondary N) is 1. The van der Waals surface area contributed by atoms with E-state index in [9.17, 15) is 4.79 Å². The van der Waals surface area contributed by atoms with Crippen LogP contribution in [0.5, 0.6) is 0 Å². The van der Waals surface area contributed by atoms with E-state index < -0.39 is 0 Å². The van der Waals surface area contributed by atoms with Crippen molar-refractivity contribution in [2.75, 3.05) is 19.6 Å². The molecule has 0 aromatic rings. The quantitative estimate of drug-likeness (QED) is 0.573. The average molecular weight is 179 g/mol. The second-order valence-electron chi connectivity index (χ2n) is 3.29. The van der Waals surface area contributed by atoms with E-state index in [0.717, 1.165) is 19.6 Å². The van der Waals surface area contributed by atoms with Crippen LogP contribution in [0.2, 0.25) is 0 Å². The zero-order valence-electron chi connectivity index (χ0n) is 7.42. The fourth-order valence-electron chi connectivity index (χ4n) is 1.63. The third kappa shape index (κ3) is 1.58. The molecule has 1 fully saturated rings. The van der Waals surface area contributed by atoms with Gasteiger partial charge in [-0.3, -0.25) is 4.79 Å². The SMILES string of the molecule is NC(=O)C1=CN2CCNCC2=CC1. The maximum absolute atomic E-state index is 10.9. The van der Waals surface area contributed by atoms with Crippen LogP contribution in [0.15, 0.2) is 23.5 Å². The Balaban J connectivity index is 2.16. The Morgan fingerprint density at radius 2 is 2.46 bits per heavy atom. The first kappa shape index (κ1) is 8.31.